The lowest BCUT2D eigenvalue weighted by atomic mass is 9.98. The number of likely N-dealkylation sites (tertiary alicyclic amines) is 1. The van der Waals surface area contributed by atoms with Gasteiger partial charge in [-0.1, -0.05) is 12.1 Å². The zero-order valence-electron chi connectivity index (χ0n) is 17.5. The van der Waals surface area contributed by atoms with Crippen LogP contribution in [0.2, 0.25) is 0 Å². The summed E-state index contributed by atoms with van der Waals surface area (Å²) in [4.78, 5) is 14.4. The van der Waals surface area contributed by atoms with Gasteiger partial charge < -0.3 is 9.15 Å². The summed E-state index contributed by atoms with van der Waals surface area (Å²) in [7, 11) is 0. The Labute approximate surface area is 176 Å². The van der Waals surface area contributed by atoms with E-state index in [0.29, 0.717) is 29.2 Å². The summed E-state index contributed by atoms with van der Waals surface area (Å²) in [5.74, 6) is 1.19. The van der Waals surface area contributed by atoms with Crippen molar-refractivity contribution >= 4 is 11.0 Å². The lowest BCUT2D eigenvalue weighted by Crippen LogP contribution is -2.37. The van der Waals surface area contributed by atoms with Crippen LogP contribution < -0.4 is 10.4 Å². The van der Waals surface area contributed by atoms with Gasteiger partial charge in [0.05, 0.1) is 18.2 Å². The maximum atomic E-state index is 12.0. The van der Waals surface area contributed by atoms with Gasteiger partial charge in [-0.25, -0.2) is 4.79 Å². The lowest BCUT2D eigenvalue weighted by molar-refractivity contribution is 0.125. The fourth-order valence-corrected chi connectivity index (χ4v) is 4.11. The summed E-state index contributed by atoms with van der Waals surface area (Å²) in [6.45, 7) is 7.33. The van der Waals surface area contributed by atoms with E-state index in [-0.39, 0.29) is 5.63 Å². The first-order valence-corrected chi connectivity index (χ1v) is 10.4. The van der Waals surface area contributed by atoms with Crippen LogP contribution in [-0.4, -0.2) is 24.6 Å². The van der Waals surface area contributed by atoms with Crippen LogP contribution in [0.3, 0.4) is 0 Å². The van der Waals surface area contributed by atoms with Crippen molar-refractivity contribution in [3.63, 3.8) is 0 Å². The van der Waals surface area contributed by atoms with Crippen molar-refractivity contribution in [1.29, 1.82) is 5.26 Å². The molecule has 0 amide bonds. The van der Waals surface area contributed by atoms with Gasteiger partial charge in [-0.3, -0.25) is 4.90 Å². The van der Waals surface area contributed by atoms with E-state index in [2.05, 4.69) is 11.0 Å². The molecule has 1 aliphatic heterocycles. The van der Waals surface area contributed by atoms with Crippen molar-refractivity contribution < 1.29 is 9.15 Å². The highest BCUT2D eigenvalue weighted by Crippen LogP contribution is 2.25. The molecule has 0 aliphatic carbocycles. The van der Waals surface area contributed by atoms with Crippen molar-refractivity contribution in [2.75, 3.05) is 19.7 Å². The summed E-state index contributed by atoms with van der Waals surface area (Å²) >= 11 is 0. The van der Waals surface area contributed by atoms with Gasteiger partial charge in [-0.05, 0) is 68.6 Å². The second kappa shape index (κ2) is 8.73. The fourth-order valence-electron chi connectivity index (χ4n) is 4.11. The van der Waals surface area contributed by atoms with E-state index in [1.165, 1.54) is 5.56 Å². The first-order chi connectivity index (χ1) is 14.5. The summed E-state index contributed by atoms with van der Waals surface area (Å²) in [5.41, 5.74) is 3.82. The quantitative estimate of drug-likeness (QED) is 0.585. The van der Waals surface area contributed by atoms with E-state index >= 15 is 0 Å². The van der Waals surface area contributed by atoms with Crippen molar-refractivity contribution in [3.8, 4) is 11.8 Å². The smallest absolute Gasteiger partial charge is 0.339 e. The molecule has 2 aromatic carbocycles. The number of benzene rings is 2. The SMILES string of the molecule is Cc1c(C)c2ccc(OCC3CCCN(Cc4ccc(C#N)cc4)C3)cc2oc1=O. The Morgan fingerprint density at radius 1 is 1.17 bits per heavy atom. The minimum absolute atomic E-state index is 0.289. The zero-order chi connectivity index (χ0) is 21.1. The van der Waals surface area contributed by atoms with Crippen LogP contribution in [0, 0.1) is 31.1 Å². The average Bonchev–Trinajstić information content (AvgIpc) is 2.77. The van der Waals surface area contributed by atoms with E-state index < -0.39 is 0 Å². The molecule has 3 aromatic rings. The first-order valence-electron chi connectivity index (χ1n) is 10.4. The lowest BCUT2D eigenvalue weighted by Gasteiger charge is -2.32. The molecule has 5 heteroatoms. The summed E-state index contributed by atoms with van der Waals surface area (Å²) in [6, 6.07) is 15.7. The number of fused-ring (bicyclic) bond motifs is 1. The Morgan fingerprint density at radius 3 is 2.73 bits per heavy atom. The van der Waals surface area contributed by atoms with Crippen LogP contribution >= 0.6 is 0 Å². The molecule has 1 aromatic heterocycles. The predicted octanol–water partition coefficient (Wildman–Crippen LogP) is 4.57. The number of nitriles is 1. The summed E-state index contributed by atoms with van der Waals surface area (Å²) < 4.78 is 11.5. The minimum Gasteiger partial charge on any atom is -0.493 e. The molecular weight excluding hydrogens is 376 g/mol. The van der Waals surface area contributed by atoms with Crippen LogP contribution in [0.4, 0.5) is 0 Å². The molecule has 0 radical (unpaired) electrons. The second-order valence-electron chi connectivity index (χ2n) is 8.16. The number of hydrogen-bond acceptors (Lipinski definition) is 5. The molecule has 1 fully saturated rings. The van der Waals surface area contributed by atoms with Crippen LogP contribution in [0.1, 0.15) is 35.1 Å². The first kappa shape index (κ1) is 20.2. The highest BCUT2D eigenvalue weighted by Gasteiger charge is 2.21. The van der Waals surface area contributed by atoms with Crippen LogP contribution in [0.5, 0.6) is 5.75 Å². The Kier molecular flexibility index (Phi) is 5.87. The van der Waals surface area contributed by atoms with E-state index in [0.717, 1.165) is 49.2 Å². The Balaban J connectivity index is 1.38. The topological polar surface area (TPSA) is 66.5 Å². The molecule has 30 heavy (non-hydrogen) atoms. The Bertz CT molecular complexity index is 1140. The standard InChI is InChI=1S/C25H26N2O3/c1-17-18(2)25(28)30-24-12-22(9-10-23(17)24)29-16-21-4-3-11-27(15-21)14-20-7-5-19(13-26)6-8-20/h5-10,12,21H,3-4,11,14-16H2,1-2H3. The van der Waals surface area contributed by atoms with Gasteiger partial charge >= 0.3 is 5.63 Å². The van der Waals surface area contributed by atoms with Crippen LogP contribution in [0.25, 0.3) is 11.0 Å². The number of hydrogen-bond donors (Lipinski definition) is 0. The maximum absolute atomic E-state index is 12.0. The van der Waals surface area contributed by atoms with Gasteiger partial charge in [0, 0.05) is 36.0 Å². The van der Waals surface area contributed by atoms with Crippen molar-refractivity contribution in [1.82, 2.24) is 4.90 Å². The van der Waals surface area contributed by atoms with Gasteiger partial charge in [0.2, 0.25) is 0 Å². The largest absolute Gasteiger partial charge is 0.493 e. The maximum Gasteiger partial charge on any atom is 0.339 e. The van der Waals surface area contributed by atoms with Gasteiger partial charge in [0.15, 0.2) is 0 Å². The molecule has 1 aliphatic rings. The average molecular weight is 402 g/mol. The molecule has 1 saturated heterocycles. The number of nitrogens with zero attached hydrogens (tertiary/aromatic N) is 2. The highest BCUT2D eigenvalue weighted by molar-refractivity contribution is 5.82. The highest BCUT2D eigenvalue weighted by atomic mass is 16.5. The van der Waals surface area contributed by atoms with Gasteiger partial charge in [0.1, 0.15) is 11.3 Å². The summed E-state index contributed by atoms with van der Waals surface area (Å²) in [6.07, 6.45) is 2.29. The van der Waals surface area contributed by atoms with Crippen molar-refractivity contribution in [2.45, 2.75) is 33.2 Å². The molecule has 0 saturated carbocycles. The molecule has 4 rings (SSSR count). The van der Waals surface area contributed by atoms with Crippen molar-refractivity contribution in [3.05, 3.63) is 75.1 Å². The summed E-state index contributed by atoms with van der Waals surface area (Å²) in [5, 5.41) is 9.89. The van der Waals surface area contributed by atoms with E-state index in [1.54, 1.807) is 6.92 Å². The number of aryl methyl sites for hydroxylation is 1. The molecule has 1 atom stereocenters. The third-order valence-corrected chi connectivity index (χ3v) is 6.01. The Hall–Kier alpha value is -3.10. The predicted molar refractivity (Wildman–Crippen MR) is 117 cm³/mol. The molecule has 5 nitrogen and oxygen atoms in total. The van der Waals surface area contributed by atoms with Crippen LogP contribution in [0.15, 0.2) is 51.7 Å². The molecule has 0 bridgehead atoms. The van der Waals surface area contributed by atoms with Gasteiger partial charge in [0.25, 0.3) is 0 Å². The minimum atomic E-state index is -0.289. The normalized spacial score (nSPS) is 17.0. The fraction of sp³-hybridized carbons (Fsp3) is 0.360. The number of piperidine rings is 1. The van der Waals surface area contributed by atoms with Crippen LogP contribution in [-0.2, 0) is 6.54 Å². The van der Waals surface area contributed by atoms with E-state index in [9.17, 15) is 4.79 Å². The van der Waals surface area contributed by atoms with E-state index in [4.69, 9.17) is 14.4 Å². The molecular formula is C25H26N2O3. The molecule has 2 heterocycles. The number of rotatable bonds is 5. The Morgan fingerprint density at radius 2 is 1.97 bits per heavy atom. The molecule has 0 N–H and O–H groups in total. The molecule has 1 unspecified atom stereocenters. The van der Waals surface area contributed by atoms with E-state index in [1.807, 2.05) is 49.4 Å². The zero-order valence-corrected chi connectivity index (χ0v) is 17.5. The molecule has 0 spiro atoms. The second-order valence-corrected chi connectivity index (χ2v) is 8.16. The third-order valence-electron chi connectivity index (χ3n) is 6.01. The molecule has 154 valence electrons. The number of ether oxygens (including phenoxy) is 1. The van der Waals surface area contributed by atoms with Gasteiger partial charge in [-0.2, -0.15) is 5.26 Å². The van der Waals surface area contributed by atoms with Gasteiger partial charge in [-0.15, -0.1) is 0 Å². The third kappa shape index (κ3) is 4.39. The monoisotopic (exact) mass is 402 g/mol. The van der Waals surface area contributed by atoms with Crippen molar-refractivity contribution in [2.24, 2.45) is 5.92 Å².